The van der Waals surface area contributed by atoms with E-state index in [0.717, 1.165) is 0 Å². The molecule has 174 valence electrons. The average Bonchev–Trinajstić information content (AvgIpc) is 2.93. The Morgan fingerprint density at radius 2 is 1.57 bits per heavy atom. The minimum absolute atomic E-state index is 0.00332. The Kier molecular flexibility index (Phi) is 6.75. The summed E-state index contributed by atoms with van der Waals surface area (Å²) in [6.45, 7) is 21.3. The highest BCUT2D eigenvalue weighted by molar-refractivity contribution is 6.74. The van der Waals surface area contributed by atoms with E-state index in [4.69, 9.17) is 23.4 Å². The van der Waals surface area contributed by atoms with E-state index in [1.54, 1.807) is 34.6 Å². The first-order valence-electron chi connectivity index (χ1n) is 10.5. The number of nitrogens with zero attached hydrogens (tertiary/aromatic N) is 1. The molecule has 4 atom stereocenters. The lowest BCUT2D eigenvalue weighted by atomic mass is 10.1. The predicted molar refractivity (Wildman–Crippen MR) is 114 cm³/mol. The number of rotatable bonds is 4. The van der Waals surface area contributed by atoms with Crippen molar-refractivity contribution in [2.45, 2.75) is 116 Å². The zero-order valence-corrected chi connectivity index (χ0v) is 21.3. The third kappa shape index (κ3) is 5.55. The van der Waals surface area contributed by atoms with Crippen LogP contribution in [0.5, 0.6) is 0 Å². The summed E-state index contributed by atoms with van der Waals surface area (Å²) in [5.41, 5.74) is -0.707. The number of hydrogen-bond acceptors (Lipinski definition) is 7. The number of fused-ring (bicyclic) bond motifs is 1. The van der Waals surface area contributed by atoms with Gasteiger partial charge in [0.25, 0.3) is 0 Å². The van der Waals surface area contributed by atoms with E-state index in [1.807, 2.05) is 0 Å². The van der Waals surface area contributed by atoms with Gasteiger partial charge >= 0.3 is 12.1 Å². The van der Waals surface area contributed by atoms with Crippen molar-refractivity contribution < 1.29 is 33.0 Å². The third-order valence-electron chi connectivity index (χ3n) is 5.77. The van der Waals surface area contributed by atoms with Gasteiger partial charge in [0.1, 0.15) is 17.8 Å². The summed E-state index contributed by atoms with van der Waals surface area (Å²) in [7, 11) is -2.10. The van der Waals surface area contributed by atoms with Gasteiger partial charge in [-0.1, -0.05) is 20.8 Å². The molecule has 30 heavy (non-hydrogen) atoms. The SMILES string of the molecule is CC(=O)OC1[C@H]2OC(C)(C)O[C@H]2[C@H](CO[Si](C)(C)C(C)(C)C)N1C(=O)OC(C)(C)C. The Balaban J connectivity index is 2.38. The molecule has 2 rings (SSSR count). The minimum Gasteiger partial charge on any atom is -0.444 e. The van der Waals surface area contributed by atoms with Crippen molar-refractivity contribution in [3.05, 3.63) is 0 Å². The Bertz CT molecular complexity index is 665. The van der Waals surface area contributed by atoms with Gasteiger partial charge in [-0.3, -0.25) is 9.69 Å². The normalized spacial score (nSPS) is 29.0. The molecule has 0 N–H and O–H groups in total. The van der Waals surface area contributed by atoms with Gasteiger partial charge in [-0.25, -0.2) is 4.79 Å². The molecule has 0 radical (unpaired) electrons. The minimum atomic E-state index is -2.10. The van der Waals surface area contributed by atoms with Crippen molar-refractivity contribution in [3.63, 3.8) is 0 Å². The maximum Gasteiger partial charge on any atom is 0.413 e. The molecular formula is C21H39NO7Si. The van der Waals surface area contributed by atoms with Crippen LogP contribution in [0, 0.1) is 0 Å². The molecule has 0 aromatic heterocycles. The quantitative estimate of drug-likeness (QED) is 0.477. The number of esters is 1. The van der Waals surface area contributed by atoms with Crippen molar-refractivity contribution in [3.8, 4) is 0 Å². The van der Waals surface area contributed by atoms with Crippen LogP contribution in [-0.2, 0) is 28.2 Å². The van der Waals surface area contributed by atoms with E-state index in [0.29, 0.717) is 0 Å². The fourth-order valence-corrected chi connectivity index (χ4v) is 4.39. The second kappa shape index (κ2) is 8.07. The molecule has 2 heterocycles. The first kappa shape index (κ1) is 25.1. The fourth-order valence-electron chi connectivity index (χ4n) is 3.37. The van der Waals surface area contributed by atoms with E-state index in [1.165, 1.54) is 11.8 Å². The van der Waals surface area contributed by atoms with Crippen molar-refractivity contribution >= 4 is 20.4 Å². The smallest absolute Gasteiger partial charge is 0.413 e. The molecule has 2 aliphatic heterocycles. The van der Waals surface area contributed by atoms with Crippen LogP contribution < -0.4 is 0 Å². The van der Waals surface area contributed by atoms with Crippen LogP contribution in [0.2, 0.25) is 18.1 Å². The average molecular weight is 446 g/mol. The molecule has 1 amide bonds. The van der Waals surface area contributed by atoms with Crippen LogP contribution in [0.4, 0.5) is 4.79 Å². The number of amides is 1. The highest BCUT2D eigenvalue weighted by atomic mass is 28.4. The molecule has 0 aromatic carbocycles. The van der Waals surface area contributed by atoms with E-state index >= 15 is 0 Å². The molecule has 1 unspecified atom stereocenters. The largest absolute Gasteiger partial charge is 0.444 e. The van der Waals surface area contributed by atoms with Crippen LogP contribution >= 0.6 is 0 Å². The van der Waals surface area contributed by atoms with Crippen molar-refractivity contribution in [2.24, 2.45) is 0 Å². The summed E-state index contributed by atoms with van der Waals surface area (Å²) >= 11 is 0. The lowest BCUT2D eigenvalue weighted by Crippen LogP contribution is -2.53. The summed E-state index contributed by atoms with van der Waals surface area (Å²) in [4.78, 5) is 26.4. The number of hydrogen-bond donors (Lipinski definition) is 0. The first-order valence-corrected chi connectivity index (χ1v) is 13.4. The number of ether oxygens (including phenoxy) is 4. The van der Waals surface area contributed by atoms with Crippen LogP contribution in [0.15, 0.2) is 0 Å². The van der Waals surface area contributed by atoms with E-state index in [2.05, 4.69) is 33.9 Å². The molecule has 0 aliphatic carbocycles. The molecule has 0 bridgehead atoms. The number of carbonyl (C=O) groups excluding carboxylic acids is 2. The first-order chi connectivity index (χ1) is 13.3. The lowest BCUT2D eigenvalue weighted by Gasteiger charge is -2.39. The second-order valence-electron chi connectivity index (χ2n) is 11.1. The molecule has 0 aromatic rings. The van der Waals surface area contributed by atoms with Gasteiger partial charge in [-0.05, 0) is 52.8 Å². The standard InChI is InChI=1S/C21H39NO7Si/c1-13(23)26-17-16-15(27-21(8,9)28-16)14(12-25-30(10,11)20(5,6)7)22(17)18(24)29-19(2,3)4/h14-17H,12H2,1-11H3/t14-,15-,16-,17?/m0/s1. The van der Waals surface area contributed by atoms with E-state index in [9.17, 15) is 9.59 Å². The van der Waals surface area contributed by atoms with Gasteiger partial charge in [0, 0.05) is 6.92 Å². The van der Waals surface area contributed by atoms with Gasteiger partial charge in [-0.2, -0.15) is 0 Å². The zero-order valence-electron chi connectivity index (χ0n) is 20.3. The van der Waals surface area contributed by atoms with Crippen LogP contribution in [0.25, 0.3) is 0 Å². The van der Waals surface area contributed by atoms with E-state index in [-0.39, 0.29) is 11.6 Å². The van der Waals surface area contributed by atoms with Crippen LogP contribution in [0.1, 0.15) is 62.3 Å². The molecule has 2 saturated heterocycles. The van der Waals surface area contributed by atoms with Gasteiger partial charge in [0.05, 0.1) is 12.6 Å². The zero-order chi connectivity index (χ0) is 23.3. The predicted octanol–water partition coefficient (Wildman–Crippen LogP) is 4.04. The van der Waals surface area contributed by atoms with Crippen LogP contribution in [0.3, 0.4) is 0 Å². The fraction of sp³-hybridized carbons (Fsp3) is 0.905. The number of carbonyl (C=O) groups is 2. The molecule has 2 fully saturated rings. The molecule has 8 nitrogen and oxygen atoms in total. The third-order valence-corrected chi connectivity index (χ3v) is 10.3. The van der Waals surface area contributed by atoms with Crippen molar-refractivity contribution in [1.29, 1.82) is 0 Å². The van der Waals surface area contributed by atoms with Gasteiger partial charge in [0.15, 0.2) is 14.1 Å². The molecule has 0 spiro atoms. The highest BCUT2D eigenvalue weighted by Gasteiger charge is 2.62. The summed E-state index contributed by atoms with van der Waals surface area (Å²) < 4.78 is 29.7. The molecule has 2 aliphatic rings. The Labute approximate surface area is 181 Å². The Morgan fingerprint density at radius 1 is 1.03 bits per heavy atom. The summed E-state index contributed by atoms with van der Waals surface area (Å²) in [6, 6.07) is -0.509. The van der Waals surface area contributed by atoms with Crippen molar-refractivity contribution in [2.75, 3.05) is 6.61 Å². The second-order valence-corrected chi connectivity index (χ2v) is 15.9. The van der Waals surface area contributed by atoms with E-state index < -0.39 is 56.2 Å². The maximum atomic E-state index is 13.1. The molecule has 9 heteroatoms. The molecule has 0 saturated carbocycles. The highest BCUT2D eigenvalue weighted by Crippen LogP contribution is 2.43. The van der Waals surface area contributed by atoms with Gasteiger partial charge in [0.2, 0.25) is 6.23 Å². The summed E-state index contributed by atoms with van der Waals surface area (Å²) in [5.74, 6) is -1.37. The molecular weight excluding hydrogens is 406 g/mol. The Hall–Kier alpha value is -1.16. The lowest BCUT2D eigenvalue weighted by molar-refractivity contribution is -0.197. The van der Waals surface area contributed by atoms with Gasteiger partial charge in [-0.15, -0.1) is 0 Å². The Morgan fingerprint density at radius 3 is 2.03 bits per heavy atom. The summed E-state index contributed by atoms with van der Waals surface area (Å²) in [5, 5.41) is 0.00332. The number of likely N-dealkylation sites (tertiary alicyclic amines) is 1. The monoisotopic (exact) mass is 445 g/mol. The summed E-state index contributed by atoms with van der Waals surface area (Å²) in [6.07, 6.45) is -2.65. The topological polar surface area (TPSA) is 83.5 Å². The van der Waals surface area contributed by atoms with Crippen LogP contribution in [-0.4, -0.2) is 67.8 Å². The van der Waals surface area contributed by atoms with Crippen molar-refractivity contribution in [1.82, 2.24) is 4.90 Å². The van der Waals surface area contributed by atoms with Gasteiger partial charge < -0.3 is 23.4 Å². The maximum absolute atomic E-state index is 13.1.